The Morgan fingerprint density at radius 2 is 1.67 bits per heavy atom. The number of H-pyrrole nitrogens is 1. The molecule has 0 unspecified atom stereocenters. The highest BCUT2D eigenvalue weighted by Gasteiger charge is 2.16. The Hall–Kier alpha value is -2.00. The van der Waals surface area contributed by atoms with E-state index in [0.29, 0.717) is 4.64 Å². The largest absolute Gasteiger partial charge is 0.343 e. The number of hydrogen-bond acceptors (Lipinski definition) is 2. The number of fused-ring (bicyclic) bond motifs is 1. The minimum Gasteiger partial charge on any atom is -0.343 e. The molecular weight excluding hydrogens is 276 g/mol. The second kappa shape index (κ2) is 5.08. The SMILES string of the molecule is CC(C)(C)c1cc(=S)nc(-c2ccc3ccccc3c2)[nH]1. The van der Waals surface area contributed by atoms with E-state index in [9.17, 15) is 0 Å². The first-order valence-corrected chi connectivity index (χ1v) is 7.45. The molecule has 3 rings (SSSR count). The molecule has 1 aromatic heterocycles. The molecule has 0 saturated carbocycles. The maximum Gasteiger partial charge on any atom is 0.139 e. The molecule has 106 valence electrons. The third kappa shape index (κ3) is 2.88. The van der Waals surface area contributed by atoms with E-state index >= 15 is 0 Å². The van der Waals surface area contributed by atoms with Gasteiger partial charge in [-0.15, -0.1) is 0 Å². The summed E-state index contributed by atoms with van der Waals surface area (Å²) in [5.74, 6) is 0.832. The molecule has 0 aliphatic carbocycles. The summed E-state index contributed by atoms with van der Waals surface area (Å²) in [6.45, 7) is 6.49. The van der Waals surface area contributed by atoms with Crippen molar-refractivity contribution in [1.82, 2.24) is 9.97 Å². The zero-order chi connectivity index (χ0) is 15.0. The van der Waals surface area contributed by atoms with Crippen LogP contribution in [0.1, 0.15) is 26.5 Å². The van der Waals surface area contributed by atoms with Crippen molar-refractivity contribution in [3.05, 3.63) is 58.9 Å². The molecule has 2 nitrogen and oxygen atoms in total. The molecule has 3 heteroatoms. The Morgan fingerprint density at radius 1 is 0.952 bits per heavy atom. The van der Waals surface area contributed by atoms with E-state index in [4.69, 9.17) is 12.2 Å². The Kier molecular flexibility index (Phi) is 3.38. The van der Waals surface area contributed by atoms with Gasteiger partial charge in [-0.25, -0.2) is 4.98 Å². The average molecular weight is 294 g/mol. The lowest BCUT2D eigenvalue weighted by Gasteiger charge is -2.19. The molecule has 0 aliphatic heterocycles. The molecule has 0 bridgehead atoms. The quantitative estimate of drug-likeness (QED) is 0.620. The van der Waals surface area contributed by atoms with Crippen LogP contribution in [-0.2, 0) is 5.41 Å². The summed E-state index contributed by atoms with van der Waals surface area (Å²) < 4.78 is 0.627. The van der Waals surface area contributed by atoms with Crippen LogP contribution in [0, 0.1) is 4.64 Å². The third-order valence-electron chi connectivity index (χ3n) is 3.57. The topological polar surface area (TPSA) is 28.7 Å². The maximum absolute atomic E-state index is 5.32. The van der Waals surface area contributed by atoms with Crippen molar-refractivity contribution in [1.29, 1.82) is 0 Å². The van der Waals surface area contributed by atoms with Gasteiger partial charge in [0.1, 0.15) is 10.5 Å². The highest BCUT2D eigenvalue weighted by atomic mass is 32.1. The molecular formula is C18H18N2S. The summed E-state index contributed by atoms with van der Waals surface area (Å²) >= 11 is 5.32. The van der Waals surface area contributed by atoms with Gasteiger partial charge in [-0.2, -0.15) is 0 Å². The van der Waals surface area contributed by atoms with E-state index in [0.717, 1.165) is 17.1 Å². The summed E-state index contributed by atoms with van der Waals surface area (Å²) in [5.41, 5.74) is 2.18. The van der Waals surface area contributed by atoms with Crippen molar-refractivity contribution in [3.63, 3.8) is 0 Å². The zero-order valence-electron chi connectivity index (χ0n) is 12.5. The maximum atomic E-state index is 5.32. The number of aromatic amines is 1. The van der Waals surface area contributed by atoms with Gasteiger partial charge in [0.05, 0.1) is 0 Å². The van der Waals surface area contributed by atoms with E-state index in [1.54, 1.807) is 0 Å². The lowest BCUT2D eigenvalue weighted by molar-refractivity contribution is 0.567. The van der Waals surface area contributed by atoms with E-state index in [1.807, 2.05) is 18.2 Å². The molecule has 1 N–H and O–H groups in total. The van der Waals surface area contributed by atoms with Gasteiger partial charge in [-0.3, -0.25) is 0 Å². The standard InChI is InChI=1S/C18H18N2S/c1-18(2,3)15-11-16(21)20-17(19-15)14-9-8-12-6-4-5-7-13(12)10-14/h4-11H,1-3H3,(H,19,20,21). The molecule has 0 radical (unpaired) electrons. The second-order valence-electron chi connectivity index (χ2n) is 6.29. The highest BCUT2D eigenvalue weighted by Crippen LogP contribution is 2.25. The zero-order valence-corrected chi connectivity index (χ0v) is 13.3. The van der Waals surface area contributed by atoms with E-state index in [-0.39, 0.29) is 5.41 Å². The number of aromatic nitrogens is 2. The predicted octanol–water partition coefficient (Wildman–Crippen LogP) is 5.26. The summed E-state index contributed by atoms with van der Waals surface area (Å²) in [7, 11) is 0. The first-order chi connectivity index (χ1) is 9.93. The van der Waals surface area contributed by atoms with Crippen LogP contribution >= 0.6 is 12.2 Å². The number of benzene rings is 2. The Morgan fingerprint density at radius 3 is 2.38 bits per heavy atom. The summed E-state index contributed by atoms with van der Waals surface area (Å²) in [6, 6.07) is 16.6. The first kappa shape index (κ1) is 14.0. The molecule has 2 aromatic carbocycles. The Labute approximate surface area is 129 Å². The molecule has 3 aromatic rings. The minimum absolute atomic E-state index is 0.0160. The molecule has 0 saturated heterocycles. The number of nitrogens with zero attached hydrogens (tertiary/aromatic N) is 1. The van der Waals surface area contributed by atoms with E-state index in [2.05, 4.69) is 61.1 Å². The van der Waals surface area contributed by atoms with E-state index in [1.165, 1.54) is 10.8 Å². The van der Waals surface area contributed by atoms with Gasteiger partial charge < -0.3 is 4.98 Å². The third-order valence-corrected chi connectivity index (χ3v) is 3.78. The second-order valence-corrected chi connectivity index (χ2v) is 6.71. The molecule has 0 spiro atoms. The van der Waals surface area contributed by atoms with Crippen LogP contribution in [0.15, 0.2) is 48.5 Å². The Bertz CT molecular complexity index is 857. The van der Waals surface area contributed by atoms with Gasteiger partial charge in [0.15, 0.2) is 0 Å². The minimum atomic E-state index is 0.0160. The normalized spacial score (nSPS) is 11.8. The van der Waals surface area contributed by atoms with Gasteiger partial charge in [0.25, 0.3) is 0 Å². The van der Waals surface area contributed by atoms with Gasteiger partial charge in [0.2, 0.25) is 0 Å². The molecule has 0 aliphatic rings. The molecule has 0 fully saturated rings. The first-order valence-electron chi connectivity index (χ1n) is 7.04. The van der Waals surface area contributed by atoms with Crippen molar-refractivity contribution < 1.29 is 0 Å². The molecule has 0 atom stereocenters. The number of hydrogen-bond donors (Lipinski definition) is 1. The predicted molar refractivity (Wildman–Crippen MR) is 91.1 cm³/mol. The number of nitrogens with one attached hydrogen (secondary N) is 1. The fourth-order valence-electron chi connectivity index (χ4n) is 2.33. The van der Waals surface area contributed by atoms with Gasteiger partial charge >= 0.3 is 0 Å². The van der Waals surface area contributed by atoms with Crippen molar-refractivity contribution >= 4 is 23.0 Å². The van der Waals surface area contributed by atoms with Crippen LogP contribution in [0.3, 0.4) is 0 Å². The lowest BCUT2D eigenvalue weighted by atomic mass is 9.92. The monoisotopic (exact) mass is 294 g/mol. The molecule has 1 heterocycles. The molecule has 0 amide bonds. The molecule has 21 heavy (non-hydrogen) atoms. The smallest absolute Gasteiger partial charge is 0.139 e. The van der Waals surface area contributed by atoms with Crippen molar-refractivity contribution in [2.75, 3.05) is 0 Å². The van der Waals surface area contributed by atoms with Crippen molar-refractivity contribution in [2.24, 2.45) is 0 Å². The van der Waals surface area contributed by atoms with E-state index < -0.39 is 0 Å². The van der Waals surface area contributed by atoms with Crippen LogP contribution in [0.2, 0.25) is 0 Å². The lowest BCUT2D eigenvalue weighted by Crippen LogP contribution is -2.14. The van der Waals surface area contributed by atoms with Crippen LogP contribution in [0.4, 0.5) is 0 Å². The highest BCUT2D eigenvalue weighted by molar-refractivity contribution is 7.71. The fraction of sp³-hybridized carbons (Fsp3) is 0.222. The Balaban J connectivity index is 2.18. The summed E-state index contributed by atoms with van der Waals surface area (Å²) in [6.07, 6.45) is 0. The fourth-order valence-corrected chi connectivity index (χ4v) is 2.54. The average Bonchev–Trinajstić information content (AvgIpc) is 2.45. The number of rotatable bonds is 1. The van der Waals surface area contributed by atoms with Gasteiger partial charge in [-0.1, -0.05) is 69.4 Å². The van der Waals surface area contributed by atoms with Crippen LogP contribution in [0.5, 0.6) is 0 Å². The summed E-state index contributed by atoms with van der Waals surface area (Å²) in [5, 5.41) is 2.43. The van der Waals surface area contributed by atoms with Crippen LogP contribution in [0.25, 0.3) is 22.2 Å². The summed E-state index contributed by atoms with van der Waals surface area (Å²) in [4.78, 5) is 7.91. The van der Waals surface area contributed by atoms with Crippen LogP contribution < -0.4 is 0 Å². The van der Waals surface area contributed by atoms with Crippen LogP contribution in [-0.4, -0.2) is 9.97 Å². The van der Waals surface area contributed by atoms with Crippen molar-refractivity contribution in [3.8, 4) is 11.4 Å². The van der Waals surface area contributed by atoms with Gasteiger partial charge in [-0.05, 0) is 22.9 Å². The van der Waals surface area contributed by atoms with Gasteiger partial charge in [0, 0.05) is 16.7 Å². The van der Waals surface area contributed by atoms with Crippen molar-refractivity contribution in [2.45, 2.75) is 26.2 Å².